The minimum Gasteiger partial charge on any atom is -0.494 e. The summed E-state index contributed by atoms with van der Waals surface area (Å²) in [6.45, 7) is 6.80. The molecule has 2 heterocycles. The highest BCUT2D eigenvalue weighted by Crippen LogP contribution is 2.44. The third-order valence-electron chi connectivity index (χ3n) is 6.45. The molecule has 0 spiro atoms. The molecule has 166 valence electrons. The Kier molecular flexibility index (Phi) is 6.03. The maximum atomic E-state index is 6.12. The number of methoxy groups -OCH3 is 1. The lowest BCUT2D eigenvalue weighted by atomic mass is 9.83. The van der Waals surface area contributed by atoms with Gasteiger partial charge in [-0.2, -0.15) is 0 Å². The first-order chi connectivity index (χ1) is 15.7. The minimum atomic E-state index is 0.357. The van der Waals surface area contributed by atoms with Crippen LogP contribution in [0.15, 0.2) is 59.5 Å². The molecule has 32 heavy (non-hydrogen) atoms. The van der Waals surface area contributed by atoms with Gasteiger partial charge in [0.15, 0.2) is 11.5 Å². The number of fused-ring (bicyclic) bond motifs is 4. The van der Waals surface area contributed by atoms with Crippen molar-refractivity contribution in [1.29, 1.82) is 0 Å². The van der Waals surface area contributed by atoms with E-state index in [1.54, 1.807) is 7.11 Å². The molecule has 1 atom stereocenters. The molecular weight excluding hydrogens is 418 g/mol. The van der Waals surface area contributed by atoms with Crippen LogP contribution in [0.2, 0.25) is 0 Å². The van der Waals surface area contributed by atoms with Gasteiger partial charge in [0.2, 0.25) is 0 Å². The second kappa shape index (κ2) is 9.08. The Balaban J connectivity index is 1.42. The molecule has 4 nitrogen and oxygen atoms in total. The Hall–Kier alpha value is -2.63. The predicted octanol–water partition coefficient (Wildman–Crippen LogP) is 6.14. The molecule has 3 aromatic rings. The third kappa shape index (κ3) is 4.07. The van der Waals surface area contributed by atoms with Crippen molar-refractivity contribution in [2.24, 2.45) is 0 Å². The van der Waals surface area contributed by atoms with Crippen LogP contribution in [0.25, 0.3) is 0 Å². The topological polar surface area (TPSA) is 30.9 Å². The van der Waals surface area contributed by atoms with Crippen LogP contribution in [0.4, 0.5) is 0 Å². The average molecular weight is 448 g/mol. The SMILES string of the molecule is CCOc1cccc2c1CN1CCc3cc(OSc4ccc(C)cc4)c(OC)cc3C1C2. The number of hydrogen-bond donors (Lipinski definition) is 0. The molecule has 3 aromatic carbocycles. The van der Waals surface area contributed by atoms with E-state index in [0.717, 1.165) is 48.1 Å². The highest BCUT2D eigenvalue weighted by Gasteiger charge is 2.34. The van der Waals surface area contributed by atoms with Crippen LogP contribution in [0, 0.1) is 6.92 Å². The van der Waals surface area contributed by atoms with E-state index in [2.05, 4.69) is 66.4 Å². The van der Waals surface area contributed by atoms with Crippen LogP contribution in [0.5, 0.6) is 17.2 Å². The quantitative estimate of drug-likeness (QED) is 0.423. The van der Waals surface area contributed by atoms with Crippen molar-refractivity contribution in [3.63, 3.8) is 0 Å². The Morgan fingerprint density at radius 1 is 1.00 bits per heavy atom. The van der Waals surface area contributed by atoms with Crippen molar-refractivity contribution in [1.82, 2.24) is 4.90 Å². The van der Waals surface area contributed by atoms with Crippen LogP contribution in [0.1, 0.15) is 40.8 Å². The molecule has 0 amide bonds. The summed E-state index contributed by atoms with van der Waals surface area (Å²) in [5.74, 6) is 2.61. The summed E-state index contributed by atoms with van der Waals surface area (Å²) in [4.78, 5) is 3.66. The predicted molar refractivity (Wildman–Crippen MR) is 129 cm³/mol. The van der Waals surface area contributed by atoms with E-state index in [1.807, 2.05) is 6.92 Å². The lowest BCUT2D eigenvalue weighted by Crippen LogP contribution is -2.39. The summed E-state index contributed by atoms with van der Waals surface area (Å²) in [6, 6.07) is 19.5. The van der Waals surface area contributed by atoms with E-state index >= 15 is 0 Å². The first kappa shape index (κ1) is 21.2. The van der Waals surface area contributed by atoms with Gasteiger partial charge in [0, 0.05) is 29.6 Å². The molecule has 0 aromatic heterocycles. The number of nitrogens with zero attached hydrogens (tertiary/aromatic N) is 1. The van der Waals surface area contributed by atoms with Crippen LogP contribution < -0.4 is 13.7 Å². The fourth-order valence-corrected chi connectivity index (χ4v) is 5.35. The standard InChI is InChI=1S/C27H29NO3S/c1-4-30-25-7-5-6-19-14-24-22-16-26(29-3)27(31-32-21-10-8-18(2)9-11-21)15-20(22)12-13-28(24)17-23(19)25/h5-11,15-16,24H,4,12-14,17H2,1-3H3. The van der Waals surface area contributed by atoms with Crippen LogP contribution in [-0.2, 0) is 19.4 Å². The van der Waals surface area contributed by atoms with E-state index < -0.39 is 0 Å². The lowest BCUT2D eigenvalue weighted by Gasteiger charge is -2.42. The van der Waals surface area contributed by atoms with Crippen LogP contribution >= 0.6 is 12.0 Å². The van der Waals surface area contributed by atoms with Crippen molar-refractivity contribution >= 4 is 12.0 Å². The molecule has 0 saturated carbocycles. The van der Waals surface area contributed by atoms with E-state index in [0.29, 0.717) is 12.6 Å². The van der Waals surface area contributed by atoms with Crippen molar-refractivity contribution < 1.29 is 13.7 Å². The van der Waals surface area contributed by atoms with Crippen molar-refractivity contribution in [2.45, 2.75) is 44.2 Å². The Morgan fingerprint density at radius 3 is 2.62 bits per heavy atom. The van der Waals surface area contributed by atoms with Crippen molar-refractivity contribution in [3.05, 3.63) is 82.4 Å². The largest absolute Gasteiger partial charge is 0.494 e. The molecular formula is C27H29NO3S. The van der Waals surface area contributed by atoms with E-state index in [-0.39, 0.29) is 0 Å². The average Bonchev–Trinajstić information content (AvgIpc) is 2.82. The molecule has 0 radical (unpaired) electrons. The number of rotatable bonds is 6. The maximum absolute atomic E-state index is 6.12. The monoisotopic (exact) mass is 447 g/mol. The van der Waals surface area contributed by atoms with Crippen LogP contribution in [0.3, 0.4) is 0 Å². The zero-order valence-corrected chi connectivity index (χ0v) is 19.7. The summed E-state index contributed by atoms with van der Waals surface area (Å²) >= 11 is 1.38. The molecule has 1 unspecified atom stereocenters. The van der Waals surface area contributed by atoms with Gasteiger partial charge in [-0.15, -0.1) is 0 Å². The van der Waals surface area contributed by atoms with Crippen molar-refractivity contribution in [2.75, 3.05) is 20.3 Å². The van der Waals surface area contributed by atoms with E-state index in [9.17, 15) is 0 Å². The third-order valence-corrected chi connectivity index (χ3v) is 7.17. The van der Waals surface area contributed by atoms with Gasteiger partial charge in [0.25, 0.3) is 0 Å². The van der Waals surface area contributed by atoms with Gasteiger partial charge in [-0.05, 0) is 73.7 Å². The molecule has 5 rings (SSSR count). The van der Waals surface area contributed by atoms with Crippen LogP contribution in [-0.4, -0.2) is 25.2 Å². The Morgan fingerprint density at radius 2 is 1.84 bits per heavy atom. The summed E-state index contributed by atoms with van der Waals surface area (Å²) in [7, 11) is 1.72. The number of aryl methyl sites for hydroxylation is 1. The van der Waals surface area contributed by atoms with Gasteiger partial charge in [-0.1, -0.05) is 29.8 Å². The van der Waals surface area contributed by atoms with E-state index in [4.69, 9.17) is 13.7 Å². The molecule has 2 aliphatic heterocycles. The molecule has 0 saturated heterocycles. The molecule has 0 bridgehead atoms. The highest BCUT2D eigenvalue weighted by molar-refractivity contribution is 7.95. The molecule has 5 heteroatoms. The van der Waals surface area contributed by atoms with Gasteiger partial charge < -0.3 is 13.7 Å². The fraction of sp³-hybridized carbons (Fsp3) is 0.333. The number of benzene rings is 3. The lowest BCUT2D eigenvalue weighted by molar-refractivity contribution is 0.157. The Labute approximate surface area is 194 Å². The van der Waals surface area contributed by atoms with Gasteiger partial charge in [0.1, 0.15) is 5.75 Å². The second-order valence-electron chi connectivity index (χ2n) is 8.45. The summed E-state index contributed by atoms with van der Waals surface area (Å²) < 4.78 is 17.8. The number of hydrogen-bond acceptors (Lipinski definition) is 5. The molecule has 0 fully saturated rings. The second-order valence-corrected chi connectivity index (χ2v) is 9.25. The van der Waals surface area contributed by atoms with Gasteiger partial charge >= 0.3 is 0 Å². The number of ether oxygens (including phenoxy) is 2. The van der Waals surface area contributed by atoms with Gasteiger partial charge in [-0.3, -0.25) is 4.90 Å². The summed E-state index contributed by atoms with van der Waals surface area (Å²) in [5, 5.41) is 0. The molecule has 0 N–H and O–H groups in total. The van der Waals surface area contributed by atoms with E-state index in [1.165, 1.54) is 39.9 Å². The van der Waals surface area contributed by atoms with Gasteiger partial charge in [-0.25, -0.2) is 0 Å². The summed E-state index contributed by atoms with van der Waals surface area (Å²) in [6.07, 6.45) is 2.00. The minimum absolute atomic E-state index is 0.357. The smallest absolute Gasteiger partial charge is 0.179 e. The Bertz CT molecular complexity index is 1110. The summed E-state index contributed by atoms with van der Waals surface area (Å²) in [5.41, 5.74) is 6.69. The first-order valence-corrected chi connectivity index (χ1v) is 12.0. The zero-order chi connectivity index (χ0) is 22.1. The zero-order valence-electron chi connectivity index (χ0n) is 18.9. The molecule has 0 aliphatic carbocycles. The highest BCUT2D eigenvalue weighted by atomic mass is 32.2. The first-order valence-electron chi connectivity index (χ1n) is 11.3. The normalized spacial score (nSPS) is 17.2. The fourth-order valence-electron chi connectivity index (χ4n) is 4.78. The van der Waals surface area contributed by atoms with Gasteiger partial charge in [0.05, 0.1) is 25.8 Å². The molecule has 2 aliphatic rings. The maximum Gasteiger partial charge on any atom is 0.179 e. The van der Waals surface area contributed by atoms with Crippen molar-refractivity contribution in [3.8, 4) is 17.2 Å².